The van der Waals surface area contributed by atoms with Crippen molar-refractivity contribution < 1.29 is 18.8 Å². The van der Waals surface area contributed by atoms with Gasteiger partial charge < -0.3 is 5.11 Å². The molecular weight excluding hydrogens is 208 g/mol. The third kappa shape index (κ3) is 2.27. The van der Waals surface area contributed by atoms with Crippen molar-refractivity contribution in [2.45, 2.75) is 20.0 Å². The fourth-order valence-corrected chi connectivity index (χ4v) is 1.26. The predicted molar refractivity (Wildman–Crippen MR) is 48.7 cm³/mol. The second-order valence-electron chi connectivity index (χ2n) is 3.04. The number of aliphatic hydroxyl groups is 1. The van der Waals surface area contributed by atoms with E-state index in [1.54, 1.807) is 0 Å². The first kappa shape index (κ1) is 11.5. The van der Waals surface area contributed by atoms with Crippen LogP contribution in [0, 0.1) is 17.0 Å². The number of hydrogen-bond donors (Lipinski definition) is 1. The molecule has 0 saturated heterocycles. The molecule has 0 aliphatic rings. The highest BCUT2D eigenvalue weighted by Gasteiger charge is 2.19. The van der Waals surface area contributed by atoms with Gasteiger partial charge in [-0.3, -0.25) is 10.1 Å². The standard InChI is InChI=1S/C9H9F2NO3/c1-5-7(4-13)2-6(9(10)11)3-8(5)12(14)15/h2-3,9,13H,4H2,1H3. The second kappa shape index (κ2) is 4.31. The van der Waals surface area contributed by atoms with Gasteiger partial charge in [-0.05, 0) is 18.6 Å². The number of benzene rings is 1. The van der Waals surface area contributed by atoms with Crippen LogP contribution in [0.3, 0.4) is 0 Å². The minimum Gasteiger partial charge on any atom is -0.392 e. The van der Waals surface area contributed by atoms with E-state index >= 15 is 0 Å². The molecule has 0 aliphatic carbocycles. The molecule has 6 heteroatoms. The second-order valence-corrected chi connectivity index (χ2v) is 3.04. The lowest BCUT2D eigenvalue weighted by atomic mass is 10.0. The molecule has 0 amide bonds. The molecular formula is C9H9F2NO3. The average Bonchev–Trinajstić information content (AvgIpc) is 2.17. The lowest BCUT2D eigenvalue weighted by Gasteiger charge is -2.07. The summed E-state index contributed by atoms with van der Waals surface area (Å²) in [6.45, 7) is 0.923. The first-order valence-corrected chi connectivity index (χ1v) is 4.14. The molecule has 0 radical (unpaired) electrons. The summed E-state index contributed by atoms with van der Waals surface area (Å²) in [5.41, 5.74) is -0.473. The van der Waals surface area contributed by atoms with Crippen LogP contribution in [0.25, 0.3) is 0 Å². The van der Waals surface area contributed by atoms with Crippen LogP contribution in [0.5, 0.6) is 0 Å². The number of rotatable bonds is 3. The summed E-state index contributed by atoms with van der Waals surface area (Å²) < 4.78 is 24.7. The minimum absolute atomic E-state index is 0.152. The van der Waals surface area contributed by atoms with Crippen LogP contribution in [0.2, 0.25) is 0 Å². The zero-order valence-electron chi connectivity index (χ0n) is 7.91. The van der Waals surface area contributed by atoms with Crippen LogP contribution in [-0.2, 0) is 6.61 Å². The molecule has 0 spiro atoms. The molecule has 1 rings (SSSR count). The molecule has 0 aromatic heterocycles. The summed E-state index contributed by atoms with van der Waals surface area (Å²) in [4.78, 5) is 9.81. The number of halogens is 2. The van der Waals surface area contributed by atoms with Crippen LogP contribution in [0.4, 0.5) is 14.5 Å². The Labute approximate surface area is 84.3 Å². The van der Waals surface area contributed by atoms with Gasteiger partial charge in [0.15, 0.2) is 0 Å². The molecule has 0 aliphatic heterocycles. The van der Waals surface area contributed by atoms with Crippen LogP contribution in [0.1, 0.15) is 23.1 Å². The van der Waals surface area contributed by atoms with E-state index in [-0.39, 0.29) is 11.1 Å². The first-order chi connectivity index (χ1) is 6.97. The maximum Gasteiger partial charge on any atom is 0.273 e. The Hall–Kier alpha value is -1.56. The summed E-state index contributed by atoms with van der Waals surface area (Å²) in [7, 11) is 0. The highest BCUT2D eigenvalue weighted by molar-refractivity contribution is 5.48. The van der Waals surface area contributed by atoms with Crippen molar-refractivity contribution in [1.82, 2.24) is 0 Å². The molecule has 82 valence electrons. The summed E-state index contributed by atoms with van der Waals surface area (Å²) in [6.07, 6.45) is -2.78. The predicted octanol–water partition coefficient (Wildman–Crippen LogP) is 2.33. The van der Waals surface area contributed by atoms with Crippen molar-refractivity contribution in [3.05, 3.63) is 38.9 Å². The number of nitrogens with zero attached hydrogens (tertiary/aromatic N) is 1. The van der Waals surface area contributed by atoms with E-state index in [0.717, 1.165) is 12.1 Å². The lowest BCUT2D eigenvalue weighted by Crippen LogP contribution is -1.99. The van der Waals surface area contributed by atoms with E-state index in [1.807, 2.05) is 0 Å². The Morgan fingerprint density at radius 2 is 2.13 bits per heavy atom. The van der Waals surface area contributed by atoms with Gasteiger partial charge in [0.1, 0.15) is 0 Å². The zero-order valence-corrected chi connectivity index (χ0v) is 7.91. The van der Waals surface area contributed by atoms with Crippen molar-refractivity contribution in [2.24, 2.45) is 0 Å². The maximum atomic E-state index is 12.4. The van der Waals surface area contributed by atoms with Gasteiger partial charge in [0, 0.05) is 17.2 Å². The van der Waals surface area contributed by atoms with Gasteiger partial charge in [-0.25, -0.2) is 8.78 Å². The highest BCUT2D eigenvalue weighted by Crippen LogP contribution is 2.29. The smallest absolute Gasteiger partial charge is 0.273 e. The molecule has 0 atom stereocenters. The van der Waals surface area contributed by atoms with E-state index in [0.29, 0.717) is 0 Å². The molecule has 0 heterocycles. The molecule has 4 nitrogen and oxygen atoms in total. The Morgan fingerprint density at radius 1 is 1.53 bits per heavy atom. The van der Waals surface area contributed by atoms with Crippen LogP contribution in [0.15, 0.2) is 12.1 Å². The third-order valence-corrected chi connectivity index (χ3v) is 2.13. The van der Waals surface area contributed by atoms with E-state index in [2.05, 4.69) is 0 Å². The largest absolute Gasteiger partial charge is 0.392 e. The van der Waals surface area contributed by atoms with Gasteiger partial charge in [0.2, 0.25) is 0 Å². The monoisotopic (exact) mass is 217 g/mol. The summed E-state index contributed by atoms with van der Waals surface area (Å²) >= 11 is 0. The fraction of sp³-hybridized carbons (Fsp3) is 0.333. The molecule has 1 N–H and O–H groups in total. The molecule has 15 heavy (non-hydrogen) atoms. The topological polar surface area (TPSA) is 63.4 Å². The van der Waals surface area contributed by atoms with Crippen LogP contribution in [-0.4, -0.2) is 10.0 Å². The normalized spacial score (nSPS) is 10.7. The van der Waals surface area contributed by atoms with E-state index in [4.69, 9.17) is 5.11 Å². The quantitative estimate of drug-likeness (QED) is 0.624. The maximum absolute atomic E-state index is 12.4. The van der Waals surface area contributed by atoms with Gasteiger partial charge in [-0.1, -0.05) is 0 Å². The van der Waals surface area contributed by atoms with Crippen molar-refractivity contribution in [3.8, 4) is 0 Å². The zero-order chi connectivity index (χ0) is 11.6. The average molecular weight is 217 g/mol. The number of nitro groups is 1. The molecule has 1 aromatic rings. The SMILES string of the molecule is Cc1c(CO)cc(C(F)F)cc1[N+](=O)[O-]. The molecule has 0 saturated carbocycles. The first-order valence-electron chi connectivity index (χ1n) is 4.14. The Balaban J connectivity index is 3.38. The number of alkyl halides is 2. The Bertz CT molecular complexity index is 393. The Kier molecular flexibility index (Phi) is 3.31. The van der Waals surface area contributed by atoms with Crippen LogP contribution < -0.4 is 0 Å². The lowest BCUT2D eigenvalue weighted by molar-refractivity contribution is -0.385. The van der Waals surface area contributed by atoms with Crippen molar-refractivity contribution >= 4 is 5.69 Å². The summed E-state index contributed by atoms with van der Waals surface area (Å²) in [5.74, 6) is 0. The van der Waals surface area contributed by atoms with E-state index in [9.17, 15) is 18.9 Å². The molecule has 1 aromatic carbocycles. The number of aliphatic hydroxyl groups excluding tert-OH is 1. The fourth-order valence-electron chi connectivity index (χ4n) is 1.26. The molecule has 0 bridgehead atoms. The van der Waals surface area contributed by atoms with Gasteiger partial charge in [0.25, 0.3) is 12.1 Å². The van der Waals surface area contributed by atoms with Crippen LogP contribution >= 0.6 is 0 Å². The number of hydrogen-bond acceptors (Lipinski definition) is 3. The van der Waals surface area contributed by atoms with Gasteiger partial charge in [-0.2, -0.15) is 0 Å². The van der Waals surface area contributed by atoms with Gasteiger partial charge in [-0.15, -0.1) is 0 Å². The highest BCUT2D eigenvalue weighted by atomic mass is 19.3. The van der Waals surface area contributed by atoms with Gasteiger partial charge in [0.05, 0.1) is 11.5 Å². The van der Waals surface area contributed by atoms with Crippen molar-refractivity contribution in [3.63, 3.8) is 0 Å². The summed E-state index contributed by atoms with van der Waals surface area (Å²) in [5, 5.41) is 19.4. The van der Waals surface area contributed by atoms with Crippen molar-refractivity contribution in [2.75, 3.05) is 0 Å². The van der Waals surface area contributed by atoms with Crippen molar-refractivity contribution in [1.29, 1.82) is 0 Å². The van der Waals surface area contributed by atoms with E-state index < -0.39 is 29.2 Å². The number of nitro benzene ring substituents is 1. The van der Waals surface area contributed by atoms with E-state index in [1.165, 1.54) is 6.92 Å². The molecule has 0 unspecified atom stereocenters. The third-order valence-electron chi connectivity index (χ3n) is 2.13. The summed E-state index contributed by atoms with van der Waals surface area (Å²) in [6, 6.07) is 1.91. The van der Waals surface area contributed by atoms with Gasteiger partial charge >= 0.3 is 0 Å². The molecule has 0 fully saturated rings. The Morgan fingerprint density at radius 3 is 2.53 bits per heavy atom. The minimum atomic E-state index is -2.78.